The minimum Gasteiger partial charge on any atom is -0.341 e. The fraction of sp³-hybridized carbons (Fsp3) is 0.294. The van der Waals surface area contributed by atoms with E-state index < -0.39 is 9.84 Å². The van der Waals surface area contributed by atoms with E-state index in [2.05, 4.69) is 10.2 Å². The molecule has 0 bridgehead atoms. The molecule has 1 aliphatic rings. The number of nitrogens with zero attached hydrogens (tertiary/aromatic N) is 2. The fourth-order valence-corrected chi connectivity index (χ4v) is 4.18. The predicted octanol–water partition coefficient (Wildman–Crippen LogP) is 1.98. The van der Waals surface area contributed by atoms with Crippen molar-refractivity contribution >= 4 is 15.7 Å². The first kappa shape index (κ1) is 16.4. The second-order valence-electron chi connectivity index (χ2n) is 6.01. The Morgan fingerprint density at radius 1 is 1.33 bits per heavy atom. The van der Waals surface area contributed by atoms with Crippen molar-refractivity contribution in [3.05, 3.63) is 53.6 Å². The van der Waals surface area contributed by atoms with E-state index in [1.54, 1.807) is 24.2 Å². The number of rotatable bonds is 5. The molecule has 0 radical (unpaired) electrons. The molecule has 0 fully saturated rings. The number of nitrogens with one attached hydrogen (secondary N) is 1. The predicted molar refractivity (Wildman–Crippen MR) is 91.5 cm³/mol. The highest BCUT2D eigenvalue weighted by Gasteiger charge is 2.25. The maximum Gasteiger partial charge on any atom is 0.223 e. The number of aromatic nitrogens is 2. The summed E-state index contributed by atoms with van der Waals surface area (Å²) in [7, 11) is -1.41. The van der Waals surface area contributed by atoms with Crippen LogP contribution in [-0.2, 0) is 21.2 Å². The standard InChI is InChI=1S/C17H19N3O3S/c1-20(16(21)9-13-7-8-24(22,23)12-13)11-15-10-18-19-17(15)14-5-3-2-4-6-14/h2-8,10,13H,9,11-12H2,1H3,(H,18,19)/t13-/m0/s1. The summed E-state index contributed by atoms with van der Waals surface area (Å²) in [5.74, 6) is -0.294. The van der Waals surface area contributed by atoms with E-state index in [4.69, 9.17) is 0 Å². The highest BCUT2D eigenvalue weighted by molar-refractivity contribution is 7.94. The van der Waals surface area contributed by atoms with Crippen LogP contribution in [0.2, 0.25) is 0 Å². The van der Waals surface area contributed by atoms with E-state index in [9.17, 15) is 13.2 Å². The summed E-state index contributed by atoms with van der Waals surface area (Å²) in [6, 6.07) is 9.79. The van der Waals surface area contributed by atoms with Crippen molar-refractivity contribution in [1.29, 1.82) is 0 Å². The van der Waals surface area contributed by atoms with Gasteiger partial charge in [0.2, 0.25) is 5.91 Å². The number of sulfone groups is 1. The molecule has 3 rings (SSSR count). The van der Waals surface area contributed by atoms with Crippen molar-refractivity contribution in [2.75, 3.05) is 12.8 Å². The minimum absolute atomic E-state index is 0.0214. The number of H-pyrrole nitrogens is 1. The Bertz CT molecular complexity index is 856. The third kappa shape index (κ3) is 3.73. The summed E-state index contributed by atoms with van der Waals surface area (Å²) < 4.78 is 22.9. The van der Waals surface area contributed by atoms with Crippen molar-refractivity contribution in [2.24, 2.45) is 5.92 Å². The van der Waals surface area contributed by atoms with Gasteiger partial charge in [-0.25, -0.2) is 8.42 Å². The summed E-state index contributed by atoms with van der Waals surface area (Å²) in [4.78, 5) is 14.0. The molecule has 1 amide bonds. The monoisotopic (exact) mass is 345 g/mol. The van der Waals surface area contributed by atoms with E-state index in [1.807, 2.05) is 30.3 Å². The third-order valence-electron chi connectivity index (χ3n) is 4.05. The SMILES string of the molecule is CN(Cc1cn[nH]c1-c1ccccc1)C(=O)C[C@@H]1C=CS(=O)(=O)C1. The molecule has 0 unspecified atom stereocenters. The molecule has 1 aromatic carbocycles. The molecule has 1 aromatic heterocycles. The van der Waals surface area contributed by atoms with E-state index in [1.165, 1.54) is 5.41 Å². The third-order valence-corrected chi connectivity index (χ3v) is 5.52. The molecule has 0 saturated heterocycles. The van der Waals surface area contributed by atoms with Crippen molar-refractivity contribution in [3.63, 3.8) is 0 Å². The van der Waals surface area contributed by atoms with Crippen LogP contribution >= 0.6 is 0 Å². The van der Waals surface area contributed by atoms with Gasteiger partial charge in [0, 0.05) is 36.9 Å². The Kier molecular flexibility index (Phi) is 4.53. The van der Waals surface area contributed by atoms with Gasteiger partial charge in [0.05, 0.1) is 17.6 Å². The molecule has 1 atom stereocenters. The van der Waals surface area contributed by atoms with Crippen LogP contribution in [-0.4, -0.2) is 42.2 Å². The summed E-state index contributed by atoms with van der Waals surface area (Å²) >= 11 is 0. The second-order valence-corrected chi connectivity index (χ2v) is 7.94. The molecule has 0 aliphatic carbocycles. The highest BCUT2D eigenvalue weighted by atomic mass is 32.2. The van der Waals surface area contributed by atoms with E-state index in [-0.39, 0.29) is 24.0 Å². The van der Waals surface area contributed by atoms with Gasteiger partial charge in [-0.05, 0) is 5.56 Å². The Morgan fingerprint density at radius 2 is 2.08 bits per heavy atom. The molecule has 126 valence electrons. The van der Waals surface area contributed by atoms with Crippen molar-refractivity contribution in [1.82, 2.24) is 15.1 Å². The van der Waals surface area contributed by atoms with Crippen LogP contribution in [0.5, 0.6) is 0 Å². The number of hydrogen-bond acceptors (Lipinski definition) is 4. The number of benzene rings is 1. The number of amides is 1. The van der Waals surface area contributed by atoms with Crippen molar-refractivity contribution < 1.29 is 13.2 Å². The van der Waals surface area contributed by atoms with E-state index in [0.29, 0.717) is 6.54 Å². The first-order chi connectivity index (χ1) is 11.4. The Labute approximate surface area is 141 Å². The molecule has 0 saturated carbocycles. The largest absolute Gasteiger partial charge is 0.341 e. The lowest BCUT2D eigenvalue weighted by atomic mass is 10.1. The Balaban J connectivity index is 1.65. The van der Waals surface area contributed by atoms with Crippen molar-refractivity contribution in [2.45, 2.75) is 13.0 Å². The van der Waals surface area contributed by atoms with Gasteiger partial charge in [0.1, 0.15) is 0 Å². The van der Waals surface area contributed by atoms with E-state index in [0.717, 1.165) is 16.8 Å². The van der Waals surface area contributed by atoms with Crippen LogP contribution in [0, 0.1) is 5.92 Å². The van der Waals surface area contributed by atoms with Crippen LogP contribution in [0.15, 0.2) is 48.0 Å². The van der Waals surface area contributed by atoms with Gasteiger partial charge in [-0.15, -0.1) is 0 Å². The number of allylic oxidation sites excluding steroid dienone is 1. The van der Waals surface area contributed by atoms with Gasteiger partial charge in [-0.1, -0.05) is 36.4 Å². The van der Waals surface area contributed by atoms with Gasteiger partial charge in [-0.3, -0.25) is 9.89 Å². The van der Waals surface area contributed by atoms with Gasteiger partial charge in [0.15, 0.2) is 9.84 Å². The van der Waals surface area contributed by atoms with Crippen LogP contribution in [0.3, 0.4) is 0 Å². The Hall–Kier alpha value is -2.41. The quantitative estimate of drug-likeness (QED) is 0.898. The number of aromatic amines is 1. The number of carbonyl (C=O) groups is 1. The zero-order valence-corrected chi connectivity index (χ0v) is 14.2. The van der Waals surface area contributed by atoms with Gasteiger partial charge >= 0.3 is 0 Å². The molecule has 1 N–H and O–H groups in total. The molecule has 24 heavy (non-hydrogen) atoms. The fourth-order valence-electron chi connectivity index (χ4n) is 2.78. The lowest BCUT2D eigenvalue weighted by Crippen LogP contribution is -2.28. The maximum absolute atomic E-state index is 12.4. The average molecular weight is 345 g/mol. The number of hydrogen-bond donors (Lipinski definition) is 1. The van der Waals surface area contributed by atoms with Crippen LogP contribution < -0.4 is 0 Å². The lowest BCUT2D eigenvalue weighted by molar-refractivity contribution is -0.130. The minimum atomic E-state index is -3.13. The summed E-state index contributed by atoms with van der Waals surface area (Å²) in [6.07, 6.45) is 3.52. The Morgan fingerprint density at radius 3 is 2.75 bits per heavy atom. The molecule has 1 aliphatic heterocycles. The molecule has 6 nitrogen and oxygen atoms in total. The zero-order valence-electron chi connectivity index (χ0n) is 13.3. The van der Waals surface area contributed by atoms with Gasteiger partial charge in [0.25, 0.3) is 0 Å². The van der Waals surface area contributed by atoms with Gasteiger partial charge in [-0.2, -0.15) is 5.10 Å². The molecular formula is C17H19N3O3S. The first-order valence-electron chi connectivity index (χ1n) is 7.67. The molecule has 7 heteroatoms. The van der Waals surface area contributed by atoms with Crippen LogP contribution in [0.4, 0.5) is 0 Å². The normalized spacial score (nSPS) is 18.6. The summed E-state index contributed by atoms with van der Waals surface area (Å²) in [5, 5.41) is 8.25. The average Bonchev–Trinajstić information content (AvgIpc) is 3.14. The van der Waals surface area contributed by atoms with Crippen molar-refractivity contribution in [3.8, 4) is 11.3 Å². The summed E-state index contributed by atoms with van der Waals surface area (Å²) in [6.45, 7) is 0.419. The zero-order chi connectivity index (χ0) is 17.2. The topological polar surface area (TPSA) is 83.1 Å². The molecular weight excluding hydrogens is 326 g/mol. The van der Waals surface area contributed by atoms with Gasteiger partial charge < -0.3 is 4.90 Å². The highest BCUT2D eigenvalue weighted by Crippen LogP contribution is 2.23. The van der Waals surface area contributed by atoms with Crippen LogP contribution in [0.25, 0.3) is 11.3 Å². The smallest absolute Gasteiger partial charge is 0.223 e. The summed E-state index contributed by atoms with van der Waals surface area (Å²) in [5.41, 5.74) is 2.82. The number of carbonyl (C=O) groups excluding carboxylic acids is 1. The lowest BCUT2D eigenvalue weighted by Gasteiger charge is -2.18. The molecule has 0 spiro atoms. The second kappa shape index (κ2) is 6.60. The molecule has 2 heterocycles. The maximum atomic E-state index is 12.4. The first-order valence-corrected chi connectivity index (χ1v) is 9.39. The van der Waals surface area contributed by atoms with Crippen LogP contribution in [0.1, 0.15) is 12.0 Å². The molecule has 2 aromatic rings. The van der Waals surface area contributed by atoms with E-state index >= 15 is 0 Å².